The molecule has 0 atom stereocenters. The van der Waals surface area contributed by atoms with Gasteiger partial charge >= 0.3 is 6.03 Å². The molecule has 2 rings (SSSR count). The molecule has 0 spiro atoms. The lowest BCUT2D eigenvalue weighted by Gasteiger charge is -2.25. The van der Waals surface area contributed by atoms with E-state index in [1.165, 1.54) is 9.96 Å². The quantitative estimate of drug-likeness (QED) is 0.805. The maximum atomic E-state index is 12.2. The summed E-state index contributed by atoms with van der Waals surface area (Å²) in [6.07, 6.45) is 0. The third-order valence-electron chi connectivity index (χ3n) is 2.56. The van der Waals surface area contributed by atoms with E-state index >= 15 is 0 Å². The third kappa shape index (κ3) is 3.42. The van der Waals surface area contributed by atoms with E-state index in [2.05, 4.69) is 0 Å². The molecule has 4 nitrogen and oxygen atoms in total. The van der Waals surface area contributed by atoms with Gasteiger partial charge in [0.2, 0.25) is 0 Å². The van der Waals surface area contributed by atoms with Crippen LogP contribution in [0.3, 0.4) is 0 Å². The number of nitrogens with zero attached hydrogens (tertiary/aromatic N) is 2. The third-order valence-corrected chi connectivity index (χ3v) is 2.81. The van der Waals surface area contributed by atoms with Gasteiger partial charge < -0.3 is 9.74 Å². The molecule has 0 aliphatic carbocycles. The minimum Gasteiger partial charge on any atom is -0.370 e. The summed E-state index contributed by atoms with van der Waals surface area (Å²) in [6, 6.07) is 15.7. The van der Waals surface area contributed by atoms with E-state index in [9.17, 15) is 4.79 Å². The molecule has 0 aliphatic rings. The number of hydrogen-bond acceptors (Lipinski definition) is 2. The second-order valence-corrected chi connectivity index (χ2v) is 4.79. The van der Waals surface area contributed by atoms with Crippen LogP contribution in [-0.2, 0) is 0 Å². The average Bonchev–Trinajstić information content (AvgIpc) is 2.46. The molecule has 0 saturated heterocycles. The number of halogens is 1. The van der Waals surface area contributed by atoms with Gasteiger partial charge in [-0.1, -0.05) is 29.8 Å². The van der Waals surface area contributed by atoms with Crippen LogP contribution >= 0.6 is 11.6 Å². The summed E-state index contributed by atoms with van der Waals surface area (Å²) in [4.78, 5) is 19.3. The van der Waals surface area contributed by atoms with Crippen molar-refractivity contribution in [3.05, 3.63) is 59.6 Å². The monoisotopic (exact) mass is 290 g/mol. The van der Waals surface area contributed by atoms with Gasteiger partial charge in [0.05, 0.1) is 5.69 Å². The summed E-state index contributed by atoms with van der Waals surface area (Å²) in [7, 11) is 3.33. The zero-order valence-electron chi connectivity index (χ0n) is 11.3. The maximum absolute atomic E-state index is 12.2. The molecule has 0 aromatic heterocycles. The molecule has 0 bridgehead atoms. The van der Waals surface area contributed by atoms with Gasteiger partial charge in [0.25, 0.3) is 0 Å². The number of hydrogen-bond donors (Lipinski definition) is 0. The Morgan fingerprint density at radius 1 is 1.00 bits per heavy atom. The van der Waals surface area contributed by atoms with E-state index in [0.29, 0.717) is 16.5 Å². The average molecular weight is 291 g/mol. The lowest BCUT2D eigenvalue weighted by molar-refractivity contribution is 0.190. The van der Waals surface area contributed by atoms with Crippen LogP contribution in [0.5, 0.6) is 5.75 Å². The number of carbonyl (C=O) groups excluding carboxylic acids is 1. The van der Waals surface area contributed by atoms with Crippen LogP contribution in [-0.4, -0.2) is 25.0 Å². The molecule has 0 N–H and O–H groups in total. The highest BCUT2D eigenvalue weighted by atomic mass is 35.5. The number of urea groups is 1. The Bertz CT molecular complexity index is 570. The number of rotatable bonds is 3. The van der Waals surface area contributed by atoms with E-state index < -0.39 is 0 Å². The summed E-state index contributed by atoms with van der Waals surface area (Å²) in [5.74, 6) is 0.581. The van der Waals surface area contributed by atoms with Crippen molar-refractivity contribution >= 4 is 23.3 Å². The number of anilines is 1. The van der Waals surface area contributed by atoms with Crippen molar-refractivity contribution < 1.29 is 9.63 Å². The lowest BCUT2D eigenvalue weighted by Crippen LogP contribution is -2.41. The van der Waals surface area contributed by atoms with Crippen LogP contribution in [0.15, 0.2) is 54.6 Å². The molecule has 2 aromatic carbocycles. The Morgan fingerprint density at radius 2 is 1.60 bits per heavy atom. The fourth-order valence-corrected chi connectivity index (χ4v) is 1.67. The van der Waals surface area contributed by atoms with Crippen molar-refractivity contribution in [2.24, 2.45) is 0 Å². The number of para-hydroxylation sites is 1. The molecular formula is C15H15ClN2O2. The summed E-state index contributed by atoms with van der Waals surface area (Å²) in [5, 5.41) is 1.83. The fraction of sp³-hybridized carbons (Fsp3) is 0.133. The molecule has 0 saturated carbocycles. The SMILES string of the molecule is CN(C)C(=O)N(Oc1ccccc1)c1ccc(Cl)cc1. The Hall–Kier alpha value is -2.20. The van der Waals surface area contributed by atoms with Gasteiger partial charge in [0.1, 0.15) is 0 Å². The molecule has 0 fully saturated rings. The van der Waals surface area contributed by atoms with Crippen molar-refractivity contribution in [2.75, 3.05) is 19.2 Å². The van der Waals surface area contributed by atoms with Gasteiger partial charge in [0.15, 0.2) is 5.75 Å². The van der Waals surface area contributed by atoms with Crippen LogP contribution in [0.1, 0.15) is 0 Å². The van der Waals surface area contributed by atoms with Crippen molar-refractivity contribution in [2.45, 2.75) is 0 Å². The van der Waals surface area contributed by atoms with E-state index in [0.717, 1.165) is 0 Å². The van der Waals surface area contributed by atoms with Gasteiger partial charge in [0, 0.05) is 19.1 Å². The first-order valence-corrected chi connectivity index (χ1v) is 6.46. The second kappa shape index (κ2) is 6.30. The molecule has 0 heterocycles. The topological polar surface area (TPSA) is 32.8 Å². The van der Waals surface area contributed by atoms with E-state index in [4.69, 9.17) is 16.4 Å². The van der Waals surface area contributed by atoms with Gasteiger partial charge in [-0.3, -0.25) is 0 Å². The van der Waals surface area contributed by atoms with Crippen molar-refractivity contribution in [3.63, 3.8) is 0 Å². The normalized spacial score (nSPS) is 9.95. The first kappa shape index (κ1) is 14.2. The van der Waals surface area contributed by atoms with Crippen molar-refractivity contribution in [1.82, 2.24) is 4.90 Å². The predicted molar refractivity (Wildman–Crippen MR) is 80.1 cm³/mol. The van der Waals surface area contributed by atoms with Crippen molar-refractivity contribution in [3.8, 4) is 5.75 Å². The molecule has 104 valence electrons. The second-order valence-electron chi connectivity index (χ2n) is 4.35. The number of carbonyl (C=O) groups is 1. The Morgan fingerprint density at radius 3 is 2.15 bits per heavy atom. The van der Waals surface area contributed by atoms with E-state index in [1.54, 1.807) is 50.5 Å². The van der Waals surface area contributed by atoms with Crippen LogP contribution in [0.4, 0.5) is 10.5 Å². The highest BCUT2D eigenvalue weighted by Crippen LogP contribution is 2.21. The first-order valence-electron chi connectivity index (χ1n) is 6.08. The molecule has 0 aliphatic heterocycles. The van der Waals surface area contributed by atoms with Crippen LogP contribution in [0.25, 0.3) is 0 Å². The Kier molecular flexibility index (Phi) is 4.48. The fourth-order valence-electron chi connectivity index (χ4n) is 1.55. The summed E-state index contributed by atoms with van der Waals surface area (Å²) in [5.41, 5.74) is 0.608. The minimum atomic E-state index is -0.281. The number of benzene rings is 2. The largest absolute Gasteiger partial charge is 0.370 e. The highest BCUT2D eigenvalue weighted by Gasteiger charge is 2.20. The minimum absolute atomic E-state index is 0.281. The number of amides is 2. The Labute approximate surface area is 123 Å². The zero-order valence-corrected chi connectivity index (χ0v) is 12.0. The summed E-state index contributed by atoms with van der Waals surface area (Å²) in [6.45, 7) is 0. The van der Waals surface area contributed by atoms with Crippen molar-refractivity contribution in [1.29, 1.82) is 0 Å². The molecule has 0 unspecified atom stereocenters. The molecule has 2 aromatic rings. The van der Waals surface area contributed by atoms with Gasteiger partial charge in [-0.05, 0) is 36.4 Å². The van der Waals surface area contributed by atoms with Gasteiger partial charge in [-0.15, -0.1) is 5.06 Å². The van der Waals surface area contributed by atoms with Gasteiger partial charge in [-0.2, -0.15) is 0 Å². The maximum Gasteiger partial charge on any atom is 0.357 e. The van der Waals surface area contributed by atoms with E-state index in [-0.39, 0.29) is 6.03 Å². The summed E-state index contributed by atoms with van der Waals surface area (Å²) >= 11 is 5.86. The predicted octanol–water partition coefficient (Wildman–Crippen LogP) is 3.82. The number of hydroxylamine groups is 1. The van der Waals surface area contributed by atoms with Crippen LogP contribution in [0.2, 0.25) is 5.02 Å². The molecule has 5 heteroatoms. The molecule has 20 heavy (non-hydrogen) atoms. The van der Waals surface area contributed by atoms with Crippen LogP contribution < -0.4 is 9.90 Å². The lowest BCUT2D eigenvalue weighted by atomic mass is 10.3. The molecule has 0 radical (unpaired) electrons. The van der Waals surface area contributed by atoms with Gasteiger partial charge in [-0.25, -0.2) is 4.79 Å². The standard InChI is InChI=1S/C15H15ClN2O2/c1-17(2)15(19)18(13-10-8-12(16)9-11-13)20-14-6-4-3-5-7-14/h3-11H,1-2H3. The summed E-state index contributed by atoms with van der Waals surface area (Å²) < 4.78 is 0. The van der Waals surface area contributed by atoms with Crippen LogP contribution in [0, 0.1) is 0 Å². The first-order chi connectivity index (χ1) is 9.58. The van der Waals surface area contributed by atoms with E-state index in [1.807, 2.05) is 18.2 Å². The molecular weight excluding hydrogens is 276 g/mol. The highest BCUT2D eigenvalue weighted by molar-refractivity contribution is 6.30. The Balaban J connectivity index is 2.30. The molecule has 2 amide bonds. The zero-order chi connectivity index (χ0) is 14.5. The smallest absolute Gasteiger partial charge is 0.357 e.